The number of carbonyl (C=O) groups excluding carboxylic acids is 1. The van der Waals surface area contributed by atoms with E-state index >= 15 is 0 Å². The highest BCUT2D eigenvalue weighted by Crippen LogP contribution is 2.35. The highest BCUT2D eigenvalue weighted by atomic mass is 19.4. The first-order valence-electron chi connectivity index (χ1n) is 5.41. The van der Waals surface area contributed by atoms with Crippen LogP contribution in [-0.4, -0.2) is 35.4 Å². The number of carbonyl (C=O) groups is 2. The maximum atomic E-state index is 14.0. The van der Waals surface area contributed by atoms with Crippen LogP contribution in [-0.2, 0) is 9.59 Å². The monoisotopic (exact) mass is 271 g/mol. The van der Waals surface area contributed by atoms with Gasteiger partial charge in [0.25, 0.3) is 0 Å². The van der Waals surface area contributed by atoms with Crippen molar-refractivity contribution in [1.29, 1.82) is 0 Å². The molecule has 0 spiro atoms. The van der Waals surface area contributed by atoms with Crippen LogP contribution in [0, 0.1) is 5.92 Å². The summed E-state index contributed by atoms with van der Waals surface area (Å²) in [5.74, 6) is -3.87. The minimum Gasteiger partial charge on any atom is -0.481 e. The Kier molecular flexibility index (Phi) is 4.18. The lowest BCUT2D eigenvalue weighted by molar-refractivity contribution is -0.174. The molecule has 0 aromatic carbocycles. The highest BCUT2D eigenvalue weighted by Gasteiger charge is 2.42. The van der Waals surface area contributed by atoms with Gasteiger partial charge < -0.3 is 10.4 Å². The number of aliphatic carboxylic acids is 1. The van der Waals surface area contributed by atoms with Gasteiger partial charge in [0.1, 0.15) is 5.67 Å². The Morgan fingerprint density at radius 2 is 1.78 bits per heavy atom. The molecule has 104 valence electrons. The number of nitrogens with one attached hydrogen (secondary N) is 1. The van der Waals surface area contributed by atoms with E-state index in [1.807, 2.05) is 0 Å². The second kappa shape index (κ2) is 5.11. The maximum absolute atomic E-state index is 14.0. The minimum absolute atomic E-state index is 0.0632. The fourth-order valence-corrected chi connectivity index (χ4v) is 1.90. The van der Waals surface area contributed by atoms with E-state index < -0.39 is 36.2 Å². The van der Waals surface area contributed by atoms with Gasteiger partial charge in [0.15, 0.2) is 0 Å². The van der Waals surface area contributed by atoms with Crippen LogP contribution in [0.2, 0.25) is 0 Å². The molecule has 1 amide bonds. The third-order valence-electron chi connectivity index (χ3n) is 3.05. The molecule has 1 aliphatic rings. The van der Waals surface area contributed by atoms with Crippen LogP contribution in [0.3, 0.4) is 0 Å². The summed E-state index contributed by atoms with van der Waals surface area (Å²) in [5, 5.41) is 10.2. The SMILES string of the molecule is O=C(O)C1CCC(F)(CNC(=O)C(F)(F)F)CC1. The van der Waals surface area contributed by atoms with E-state index in [-0.39, 0.29) is 25.7 Å². The topological polar surface area (TPSA) is 66.4 Å². The molecule has 18 heavy (non-hydrogen) atoms. The van der Waals surface area contributed by atoms with Crippen molar-refractivity contribution in [1.82, 2.24) is 5.32 Å². The molecule has 0 unspecified atom stereocenters. The molecule has 0 atom stereocenters. The molecule has 8 heteroatoms. The van der Waals surface area contributed by atoms with Crippen LogP contribution in [0.1, 0.15) is 25.7 Å². The van der Waals surface area contributed by atoms with E-state index in [2.05, 4.69) is 0 Å². The quantitative estimate of drug-likeness (QED) is 0.767. The van der Waals surface area contributed by atoms with Gasteiger partial charge in [0.05, 0.1) is 12.5 Å². The summed E-state index contributed by atoms with van der Waals surface area (Å²) < 4.78 is 49.6. The lowest BCUT2D eigenvalue weighted by atomic mass is 9.80. The van der Waals surface area contributed by atoms with Gasteiger partial charge in [-0.1, -0.05) is 0 Å². The molecule has 0 saturated heterocycles. The standard InChI is InChI=1S/C10H13F4NO3/c11-9(5-15-8(18)10(12,13)14)3-1-6(2-4-9)7(16)17/h6H,1-5H2,(H,15,18)(H,16,17). The second-order valence-corrected chi connectivity index (χ2v) is 4.44. The Morgan fingerprint density at radius 1 is 1.28 bits per heavy atom. The first kappa shape index (κ1) is 14.7. The molecule has 1 saturated carbocycles. The van der Waals surface area contributed by atoms with Gasteiger partial charge in [-0.2, -0.15) is 13.2 Å². The van der Waals surface area contributed by atoms with Crippen LogP contribution in [0.5, 0.6) is 0 Å². The van der Waals surface area contributed by atoms with Crippen molar-refractivity contribution >= 4 is 11.9 Å². The van der Waals surface area contributed by atoms with Gasteiger partial charge in [-0.3, -0.25) is 9.59 Å². The number of hydrogen-bond acceptors (Lipinski definition) is 2. The average molecular weight is 271 g/mol. The highest BCUT2D eigenvalue weighted by molar-refractivity contribution is 5.81. The first-order chi connectivity index (χ1) is 8.14. The van der Waals surface area contributed by atoms with E-state index in [9.17, 15) is 27.2 Å². The predicted molar refractivity (Wildman–Crippen MR) is 52.5 cm³/mol. The molecular formula is C10H13F4NO3. The lowest BCUT2D eigenvalue weighted by Crippen LogP contribution is -2.46. The largest absolute Gasteiger partial charge is 0.481 e. The van der Waals surface area contributed by atoms with Crippen molar-refractivity contribution in [3.8, 4) is 0 Å². The number of alkyl halides is 4. The third kappa shape index (κ3) is 3.85. The van der Waals surface area contributed by atoms with E-state index in [0.29, 0.717) is 0 Å². The second-order valence-electron chi connectivity index (χ2n) is 4.44. The number of carboxylic acids is 1. The van der Waals surface area contributed by atoms with Crippen molar-refractivity contribution < 1.29 is 32.3 Å². The summed E-state index contributed by atoms with van der Waals surface area (Å²) in [6.45, 7) is -0.738. The van der Waals surface area contributed by atoms with Crippen LogP contribution < -0.4 is 5.32 Å². The van der Waals surface area contributed by atoms with Gasteiger partial charge >= 0.3 is 18.1 Å². The van der Waals surface area contributed by atoms with Crippen LogP contribution in [0.4, 0.5) is 17.6 Å². The van der Waals surface area contributed by atoms with Crippen molar-refractivity contribution in [3.05, 3.63) is 0 Å². The zero-order chi connectivity index (χ0) is 14.0. The zero-order valence-corrected chi connectivity index (χ0v) is 9.39. The van der Waals surface area contributed by atoms with Gasteiger partial charge in [-0.15, -0.1) is 0 Å². The molecule has 1 aliphatic carbocycles. The number of amides is 1. The van der Waals surface area contributed by atoms with Crippen molar-refractivity contribution in [3.63, 3.8) is 0 Å². The average Bonchev–Trinajstić information content (AvgIpc) is 2.25. The summed E-state index contributed by atoms with van der Waals surface area (Å²) in [6.07, 6.45) is -5.24. The fraction of sp³-hybridized carbons (Fsp3) is 0.800. The smallest absolute Gasteiger partial charge is 0.471 e. The number of halogens is 4. The maximum Gasteiger partial charge on any atom is 0.471 e. The molecule has 0 aromatic heterocycles. The van der Waals surface area contributed by atoms with E-state index in [1.165, 1.54) is 5.32 Å². The predicted octanol–water partition coefficient (Wildman–Crippen LogP) is 1.65. The Morgan fingerprint density at radius 3 is 2.17 bits per heavy atom. The third-order valence-corrected chi connectivity index (χ3v) is 3.05. The van der Waals surface area contributed by atoms with Crippen LogP contribution in [0.15, 0.2) is 0 Å². The van der Waals surface area contributed by atoms with Crippen molar-refractivity contribution in [2.75, 3.05) is 6.54 Å². The number of hydrogen-bond donors (Lipinski definition) is 2. The number of rotatable bonds is 3. The van der Waals surface area contributed by atoms with E-state index in [4.69, 9.17) is 5.11 Å². The summed E-state index contributed by atoms with van der Waals surface area (Å²) in [6, 6.07) is 0. The lowest BCUT2D eigenvalue weighted by Gasteiger charge is -2.32. The van der Waals surface area contributed by atoms with Crippen LogP contribution >= 0.6 is 0 Å². The molecular weight excluding hydrogens is 258 g/mol. The van der Waals surface area contributed by atoms with Crippen molar-refractivity contribution in [2.24, 2.45) is 5.92 Å². The summed E-state index contributed by atoms with van der Waals surface area (Å²) >= 11 is 0. The van der Waals surface area contributed by atoms with E-state index in [1.54, 1.807) is 0 Å². The molecule has 0 aliphatic heterocycles. The Balaban J connectivity index is 2.44. The summed E-state index contributed by atoms with van der Waals surface area (Å²) in [4.78, 5) is 21.1. The van der Waals surface area contributed by atoms with Gasteiger partial charge in [-0.25, -0.2) is 4.39 Å². The van der Waals surface area contributed by atoms with Crippen LogP contribution in [0.25, 0.3) is 0 Å². The molecule has 1 rings (SSSR count). The number of carboxylic acid groups (broad SMARTS) is 1. The molecule has 4 nitrogen and oxygen atoms in total. The molecule has 0 heterocycles. The zero-order valence-electron chi connectivity index (χ0n) is 9.39. The summed E-state index contributed by atoms with van der Waals surface area (Å²) in [7, 11) is 0. The van der Waals surface area contributed by atoms with Crippen molar-refractivity contribution in [2.45, 2.75) is 37.5 Å². The van der Waals surface area contributed by atoms with Gasteiger partial charge in [0.2, 0.25) is 0 Å². The van der Waals surface area contributed by atoms with E-state index in [0.717, 1.165) is 0 Å². The molecule has 0 aromatic rings. The molecule has 0 radical (unpaired) electrons. The molecule has 2 N–H and O–H groups in total. The van der Waals surface area contributed by atoms with Gasteiger partial charge in [-0.05, 0) is 25.7 Å². The fourth-order valence-electron chi connectivity index (χ4n) is 1.90. The minimum atomic E-state index is -5.03. The summed E-state index contributed by atoms with van der Waals surface area (Å²) in [5.41, 5.74) is -1.95. The first-order valence-corrected chi connectivity index (χ1v) is 5.41. The normalized spacial score (nSPS) is 28.8. The van der Waals surface area contributed by atoms with Gasteiger partial charge in [0, 0.05) is 0 Å². The Labute approximate surface area is 100 Å². The Bertz CT molecular complexity index is 335. The Hall–Kier alpha value is -1.34. The molecule has 1 fully saturated rings. The molecule has 0 bridgehead atoms.